The largest absolute Gasteiger partial charge is 0.381 e. The van der Waals surface area contributed by atoms with Gasteiger partial charge in [0, 0.05) is 36.9 Å². The van der Waals surface area contributed by atoms with Crippen molar-refractivity contribution >= 4 is 16.7 Å². The smallest absolute Gasteiger partial charge is 0.255 e. The number of benzene rings is 2. The van der Waals surface area contributed by atoms with Crippen LogP contribution in [0.5, 0.6) is 0 Å². The highest BCUT2D eigenvalue weighted by molar-refractivity contribution is 5.95. The van der Waals surface area contributed by atoms with Gasteiger partial charge in [-0.3, -0.25) is 9.59 Å². The Balaban J connectivity index is 1.44. The van der Waals surface area contributed by atoms with Gasteiger partial charge in [-0.2, -0.15) is 0 Å². The molecule has 0 saturated carbocycles. The van der Waals surface area contributed by atoms with Crippen molar-refractivity contribution in [1.29, 1.82) is 0 Å². The van der Waals surface area contributed by atoms with Gasteiger partial charge in [0.2, 0.25) is 0 Å². The lowest BCUT2D eigenvalue weighted by molar-refractivity contribution is 0.0950. The Morgan fingerprint density at radius 1 is 1.11 bits per heavy atom. The molecule has 0 bridgehead atoms. The molecule has 27 heavy (non-hydrogen) atoms. The molecule has 0 spiro atoms. The first kappa shape index (κ1) is 17.5. The maximum atomic E-state index is 12.3. The van der Waals surface area contributed by atoms with Crippen molar-refractivity contribution in [2.24, 2.45) is 5.92 Å². The van der Waals surface area contributed by atoms with Crippen LogP contribution in [0.1, 0.15) is 23.2 Å². The van der Waals surface area contributed by atoms with Crippen LogP contribution in [0.4, 0.5) is 0 Å². The monoisotopic (exact) mass is 362 g/mol. The highest BCUT2D eigenvalue weighted by Gasteiger charge is 2.15. The fourth-order valence-corrected chi connectivity index (χ4v) is 3.48. The number of amides is 1. The molecule has 1 aromatic heterocycles. The molecular weight excluding hydrogens is 340 g/mol. The van der Waals surface area contributed by atoms with Crippen LogP contribution in [-0.4, -0.2) is 30.6 Å². The molecule has 1 saturated heterocycles. The van der Waals surface area contributed by atoms with E-state index in [0.717, 1.165) is 42.6 Å². The molecule has 2 aromatic carbocycles. The van der Waals surface area contributed by atoms with Gasteiger partial charge in [0.15, 0.2) is 0 Å². The van der Waals surface area contributed by atoms with E-state index in [0.29, 0.717) is 23.4 Å². The number of carbonyl (C=O) groups is 1. The van der Waals surface area contributed by atoms with Gasteiger partial charge in [0.25, 0.3) is 11.5 Å². The van der Waals surface area contributed by atoms with E-state index in [1.165, 1.54) is 0 Å². The lowest BCUT2D eigenvalue weighted by Gasteiger charge is -2.09. The first-order chi connectivity index (χ1) is 13.2. The molecule has 5 nitrogen and oxygen atoms in total. The number of H-pyrrole nitrogens is 1. The topological polar surface area (TPSA) is 71.2 Å². The third kappa shape index (κ3) is 3.93. The van der Waals surface area contributed by atoms with Crippen LogP contribution >= 0.6 is 0 Å². The summed E-state index contributed by atoms with van der Waals surface area (Å²) in [5, 5.41) is 4.55. The predicted molar refractivity (Wildman–Crippen MR) is 106 cm³/mol. The zero-order valence-corrected chi connectivity index (χ0v) is 15.0. The first-order valence-electron chi connectivity index (χ1n) is 9.28. The van der Waals surface area contributed by atoms with Gasteiger partial charge in [0.1, 0.15) is 0 Å². The van der Waals surface area contributed by atoms with Crippen molar-refractivity contribution in [2.45, 2.75) is 12.8 Å². The van der Waals surface area contributed by atoms with E-state index in [2.05, 4.69) is 10.3 Å². The van der Waals surface area contributed by atoms with Crippen LogP contribution < -0.4 is 10.9 Å². The molecule has 1 atom stereocenters. The van der Waals surface area contributed by atoms with Gasteiger partial charge in [0.05, 0.1) is 0 Å². The summed E-state index contributed by atoms with van der Waals surface area (Å²) in [6.07, 6.45) is 3.69. The second-order valence-corrected chi connectivity index (χ2v) is 6.96. The van der Waals surface area contributed by atoms with E-state index >= 15 is 0 Å². The SMILES string of the molecule is O=C(NCCC1CCOC1)c1ccc(-c2ccc3cc[nH]c(=O)c3c2)cc1. The van der Waals surface area contributed by atoms with E-state index in [1.54, 1.807) is 6.20 Å². The van der Waals surface area contributed by atoms with Gasteiger partial charge in [-0.1, -0.05) is 24.3 Å². The summed E-state index contributed by atoms with van der Waals surface area (Å²) >= 11 is 0. The molecule has 1 unspecified atom stereocenters. The maximum Gasteiger partial charge on any atom is 0.255 e. The summed E-state index contributed by atoms with van der Waals surface area (Å²) in [4.78, 5) is 27.0. The molecule has 5 heteroatoms. The number of aromatic amines is 1. The van der Waals surface area contributed by atoms with E-state index in [9.17, 15) is 9.59 Å². The minimum absolute atomic E-state index is 0.0598. The summed E-state index contributed by atoms with van der Waals surface area (Å²) in [5.41, 5.74) is 2.46. The van der Waals surface area contributed by atoms with Gasteiger partial charge in [-0.05, 0) is 59.5 Å². The van der Waals surface area contributed by atoms with Gasteiger partial charge < -0.3 is 15.0 Å². The molecule has 3 aromatic rings. The van der Waals surface area contributed by atoms with Crippen molar-refractivity contribution in [1.82, 2.24) is 10.3 Å². The maximum absolute atomic E-state index is 12.3. The lowest BCUT2D eigenvalue weighted by atomic mass is 10.0. The Labute approximate surface area is 157 Å². The number of carbonyl (C=O) groups excluding carboxylic acids is 1. The van der Waals surface area contributed by atoms with Crippen LogP contribution in [0.15, 0.2) is 59.5 Å². The zero-order valence-electron chi connectivity index (χ0n) is 15.0. The molecule has 0 aliphatic carbocycles. The van der Waals surface area contributed by atoms with E-state index in [4.69, 9.17) is 4.74 Å². The fourth-order valence-electron chi connectivity index (χ4n) is 3.48. The average molecular weight is 362 g/mol. The third-order valence-electron chi connectivity index (χ3n) is 5.12. The molecule has 0 radical (unpaired) electrons. The Morgan fingerprint density at radius 2 is 1.93 bits per heavy atom. The number of aromatic nitrogens is 1. The minimum Gasteiger partial charge on any atom is -0.381 e. The van der Waals surface area contributed by atoms with Crippen molar-refractivity contribution < 1.29 is 9.53 Å². The van der Waals surface area contributed by atoms with Crippen LogP contribution in [0.3, 0.4) is 0 Å². The van der Waals surface area contributed by atoms with E-state index in [1.807, 2.05) is 48.5 Å². The lowest BCUT2D eigenvalue weighted by Crippen LogP contribution is -2.26. The number of rotatable bonds is 5. The standard InChI is InChI=1S/C22H22N2O3/c25-21(23-10-7-15-9-12-27-14-15)18-4-1-16(2-5-18)19-6-3-17-8-11-24-22(26)20(17)13-19/h1-6,8,11,13,15H,7,9-10,12,14H2,(H,23,25)(H,24,26). The molecular formula is C22H22N2O3. The summed E-state index contributed by atoms with van der Waals surface area (Å²) in [7, 11) is 0. The number of fused-ring (bicyclic) bond motifs is 1. The number of nitrogens with one attached hydrogen (secondary N) is 2. The first-order valence-corrected chi connectivity index (χ1v) is 9.28. The Hall–Kier alpha value is -2.92. The third-order valence-corrected chi connectivity index (χ3v) is 5.12. The van der Waals surface area contributed by atoms with Gasteiger partial charge >= 0.3 is 0 Å². The van der Waals surface area contributed by atoms with E-state index < -0.39 is 0 Å². The van der Waals surface area contributed by atoms with Gasteiger partial charge in [-0.25, -0.2) is 0 Å². The number of ether oxygens (including phenoxy) is 1. The molecule has 138 valence electrons. The molecule has 1 fully saturated rings. The second-order valence-electron chi connectivity index (χ2n) is 6.96. The Kier molecular flexibility index (Phi) is 5.03. The fraction of sp³-hybridized carbons (Fsp3) is 0.273. The quantitative estimate of drug-likeness (QED) is 0.731. The number of hydrogen-bond donors (Lipinski definition) is 2. The van der Waals surface area contributed by atoms with Crippen molar-refractivity contribution in [3.8, 4) is 11.1 Å². The van der Waals surface area contributed by atoms with Crippen LogP contribution in [0.2, 0.25) is 0 Å². The Morgan fingerprint density at radius 3 is 2.70 bits per heavy atom. The highest BCUT2D eigenvalue weighted by Crippen LogP contribution is 2.23. The number of pyridine rings is 1. The van der Waals surface area contributed by atoms with Crippen molar-refractivity contribution in [3.05, 3.63) is 70.6 Å². The molecule has 4 rings (SSSR count). The summed E-state index contributed by atoms with van der Waals surface area (Å²) in [5.74, 6) is 0.499. The van der Waals surface area contributed by atoms with Crippen molar-refractivity contribution in [2.75, 3.05) is 19.8 Å². The summed E-state index contributed by atoms with van der Waals surface area (Å²) in [6.45, 7) is 2.31. The predicted octanol–water partition coefficient (Wildman–Crippen LogP) is 3.35. The van der Waals surface area contributed by atoms with Crippen LogP contribution in [0, 0.1) is 5.92 Å². The zero-order chi connectivity index (χ0) is 18.6. The molecule has 1 aliphatic heterocycles. The van der Waals surface area contributed by atoms with Crippen LogP contribution in [0.25, 0.3) is 21.9 Å². The normalized spacial score (nSPS) is 16.5. The molecule has 1 aliphatic rings. The van der Waals surface area contributed by atoms with Crippen LogP contribution in [-0.2, 0) is 4.74 Å². The number of hydrogen-bond acceptors (Lipinski definition) is 3. The minimum atomic E-state index is -0.0991. The molecule has 2 N–H and O–H groups in total. The summed E-state index contributed by atoms with van der Waals surface area (Å²) < 4.78 is 5.35. The van der Waals surface area contributed by atoms with Crippen molar-refractivity contribution in [3.63, 3.8) is 0 Å². The van der Waals surface area contributed by atoms with Gasteiger partial charge in [-0.15, -0.1) is 0 Å². The summed E-state index contributed by atoms with van der Waals surface area (Å²) in [6, 6.07) is 15.2. The molecule has 2 heterocycles. The average Bonchev–Trinajstić information content (AvgIpc) is 3.22. The van der Waals surface area contributed by atoms with E-state index in [-0.39, 0.29) is 11.5 Å². The Bertz CT molecular complexity index is 1000. The highest BCUT2D eigenvalue weighted by atomic mass is 16.5. The molecule has 1 amide bonds. The second kappa shape index (κ2) is 7.76.